The van der Waals surface area contributed by atoms with E-state index in [-0.39, 0.29) is 18.1 Å². The van der Waals surface area contributed by atoms with E-state index in [1.807, 2.05) is 12.2 Å². The highest BCUT2D eigenvalue weighted by atomic mass is 16.5. The van der Waals surface area contributed by atoms with Crippen LogP contribution in [0.2, 0.25) is 0 Å². The first-order valence-electron chi connectivity index (χ1n) is 3.19. The molecule has 2 heteroatoms. The van der Waals surface area contributed by atoms with E-state index >= 15 is 0 Å². The number of hydrogen-bond donors (Lipinski definition) is 0. The summed E-state index contributed by atoms with van der Waals surface area (Å²) < 4.78 is 5.33. The smallest absolute Gasteiger partial charge is 0.126 e. The van der Waals surface area contributed by atoms with E-state index in [9.17, 15) is 4.79 Å². The molecule has 2 rings (SSSR count). The lowest BCUT2D eigenvalue weighted by Crippen LogP contribution is -2.13. The second kappa shape index (κ2) is 1.67. The first kappa shape index (κ1) is 5.18. The molecule has 0 amide bonds. The molecule has 0 aromatic carbocycles. The van der Waals surface area contributed by atoms with Crippen LogP contribution in [0, 0.1) is 5.92 Å². The molecule has 0 aromatic heterocycles. The lowest BCUT2D eigenvalue weighted by Gasteiger charge is -2.04. The van der Waals surface area contributed by atoms with Gasteiger partial charge in [0.15, 0.2) is 0 Å². The molecule has 0 aromatic rings. The maximum Gasteiger partial charge on any atom is 0.126 e. The van der Waals surface area contributed by atoms with Crippen molar-refractivity contribution in [3.05, 3.63) is 12.2 Å². The van der Waals surface area contributed by atoms with Crippen LogP contribution in [0.25, 0.3) is 0 Å². The van der Waals surface area contributed by atoms with Gasteiger partial charge in [-0.15, -0.1) is 0 Å². The van der Waals surface area contributed by atoms with Gasteiger partial charge >= 0.3 is 0 Å². The Kier molecular flexibility index (Phi) is 0.963. The maximum absolute atomic E-state index is 10.3. The van der Waals surface area contributed by atoms with Gasteiger partial charge in [0.25, 0.3) is 0 Å². The predicted octanol–water partition coefficient (Wildman–Crippen LogP) is 0.529. The molecule has 0 N–H and O–H groups in total. The van der Waals surface area contributed by atoms with E-state index in [0.717, 1.165) is 12.7 Å². The Labute approximate surface area is 53.5 Å². The van der Waals surface area contributed by atoms with Gasteiger partial charge in [0.2, 0.25) is 0 Å². The molecule has 1 saturated heterocycles. The molecule has 2 nitrogen and oxygen atoms in total. The van der Waals surface area contributed by atoms with Crippen LogP contribution in [-0.4, -0.2) is 18.5 Å². The second-order valence-corrected chi connectivity index (χ2v) is 2.56. The molecule has 2 aliphatic rings. The van der Waals surface area contributed by atoms with Gasteiger partial charge in [-0.25, -0.2) is 0 Å². The molecule has 0 spiro atoms. The largest absolute Gasteiger partial charge is 0.366 e. The quantitative estimate of drug-likeness (QED) is 0.376. The van der Waals surface area contributed by atoms with Crippen molar-refractivity contribution < 1.29 is 9.53 Å². The zero-order valence-corrected chi connectivity index (χ0v) is 4.99. The fourth-order valence-corrected chi connectivity index (χ4v) is 1.44. The summed E-state index contributed by atoms with van der Waals surface area (Å²) in [5.41, 5.74) is 0. The van der Waals surface area contributed by atoms with Crippen molar-refractivity contribution in [3.8, 4) is 0 Å². The highest BCUT2D eigenvalue weighted by Gasteiger charge is 2.36. The van der Waals surface area contributed by atoms with Crippen LogP contribution in [0.4, 0.5) is 0 Å². The van der Waals surface area contributed by atoms with Crippen molar-refractivity contribution in [1.82, 2.24) is 0 Å². The number of aldehydes is 1. The van der Waals surface area contributed by atoms with Crippen LogP contribution in [-0.2, 0) is 9.53 Å². The van der Waals surface area contributed by atoms with Crippen LogP contribution >= 0.6 is 0 Å². The Balaban J connectivity index is 2.19. The SMILES string of the molecule is O=C[C@@H]1C[C@H]2C=C[C@@H]1O2. The zero-order chi connectivity index (χ0) is 6.27. The van der Waals surface area contributed by atoms with Crippen molar-refractivity contribution in [2.75, 3.05) is 0 Å². The van der Waals surface area contributed by atoms with Gasteiger partial charge in [-0.1, -0.05) is 12.2 Å². The van der Waals surface area contributed by atoms with Gasteiger partial charge in [-0.2, -0.15) is 0 Å². The normalized spacial score (nSPS) is 46.0. The van der Waals surface area contributed by atoms with Crippen LogP contribution in [0.1, 0.15) is 6.42 Å². The van der Waals surface area contributed by atoms with Crippen molar-refractivity contribution in [3.63, 3.8) is 0 Å². The van der Waals surface area contributed by atoms with Gasteiger partial charge in [0.1, 0.15) is 6.29 Å². The molecular weight excluding hydrogens is 116 g/mol. The van der Waals surface area contributed by atoms with E-state index < -0.39 is 0 Å². The number of carbonyl (C=O) groups is 1. The molecule has 48 valence electrons. The standard InChI is InChI=1S/C7H8O2/c8-4-5-3-6-1-2-7(5)9-6/h1-2,4-7H,3H2/t5-,6+,7-/m0/s1. The molecule has 9 heavy (non-hydrogen) atoms. The number of ether oxygens (including phenoxy) is 1. The van der Waals surface area contributed by atoms with Crippen molar-refractivity contribution in [2.45, 2.75) is 18.6 Å². The number of rotatable bonds is 1. The summed E-state index contributed by atoms with van der Waals surface area (Å²) in [7, 11) is 0. The third kappa shape index (κ3) is 0.630. The molecule has 0 unspecified atom stereocenters. The Bertz CT molecular complexity index is 162. The van der Waals surface area contributed by atoms with Crippen molar-refractivity contribution in [2.24, 2.45) is 5.92 Å². The predicted molar refractivity (Wildman–Crippen MR) is 32.0 cm³/mol. The average Bonchev–Trinajstić information content (AvgIpc) is 2.45. The van der Waals surface area contributed by atoms with E-state index in [1.54, 1.807) is 0 Å². The summed E-state index contributed by atoms with van der Waals surface area (Å²) in [4.78, 5) is 10.3. The Morgan fingerprint density at radius 1 is 1.56 bits per heavy atom. The van der Waals surface area contributed by atoms with Gasteiger partial charge in [-0.05, 0) is 6.42 Å². The minimum Gasteiger partial charge on any atom is -0.366 e. The fourth-order valence-electron chi connectivity index (χ4n) is 1.44. The minimum absolute atomic E-state index is 0.104. The molecule has 2 heterocycles. The van der Waals surface area contributed by atoms with Crippen LogP contribution in [0.5, 0.6) is 0 Å². The summed E-state index contributed by atoms with van der Waals surface area (Å²) in [5.74, 6) is 0.139. The van der Waals surface area contributed by atoms with Crippen LogP contribution in [0.15, 0.2) is 12.2 Å². The zero-order valence-electron chi connectivity index (χ0n) is 4.99. The number of carbonyl (C=O) groups excluding carboxylic acids is 1. The first-order valence-corrected chi connectivity index (χ1v) is 3.19. The van der Waals surface area contributed by atoms with Gasteiger partial charge < -0.3 is 9.53 Å². The second-order valence-electron chi connectivity index (χ2n) is 2.56. The summed E-state index contributed by atoms with van der Waals surface area (Å²) in [6.45, 7) is 0. The maximum atomic E-state index is 10.3. The lowest BCUT2D eigenvalue weighted by atomic mass is 9.96. The van der Waals surface area contributed by atoms with Crippen molar-refractivity contribution in [1.29, 1.82) is 0 Å². The summed E-state index contributed by atoms with van der Waals surface area (Å²) in [5, 5.41) is 0. The highest BCUT2D eigenvalue weighted by Crippen LogP contribution is 2.31. The Hall–Kier alpha value is -0.630. The molecule has 0 saturated carbocycles. The molecule has 3 atom stereocenters. The number of fused-ring (bicyclic) bond motifs is 2. The monoisotopic (exact) mass is 124 g/mol. The molecule has 0 radical (unpaired) electrons. The summed E-state index contributed by atoms with van der Waals surface area (Å²) >= 11 is 0. The lowest BCUT2D eigenvalue weighted by molar-refractivity contribution is -0.111. The molecule has 0 aliphatic carbocycles. The Morgan fingerprint density at radius 2 is 2.44 bits per heavy atom. The van der Waals surface area contributed by atoms with Gasteiger partial charge in [0.05, 0.1) is 12.2 Å². The molecular formula is C7H8O2. The van der Waals surface area contributed by atoms with E-state index in [0.29, 0.717) is 0 Å². The van der Waals surface area contributed by atoms with E-state index in [4.69, 9.17) is 4.74 Å². The molecule has 2 aliphatic heterocycles. The molecule has 2 bridgehead atoms. The average molecular weight is 124 g/mol. The van der Waals surface area contributed by atoms with Crippen LogP contribution < -0.4 is 0 Å². The first-order chi connectivity index (χ1) is 4.40. The van der Waals surface area contributed by atoms with Gasteiger partial charge in [-0.3, -0.25) is 0 Å². The highest BCUT2D eigenvalue weighted by molar-refractivity contribution is 5.57. The van der Waals surface area contributed by atoms with Crippen LogP contribution in [0.3, 0.4) is 0 Å². The Morgan fingerprint density at radius 3 is 2.78 bits per heavy atom. The molecule has 1 fully saturated rings. The summed E-state index contributed by atoms with van der Waals surface area (Å²) in [6, 6.07) is 0. The third-order valence-electron chi connectivity index (χ3n) is 1.95. The summed E-state index contributed by atoms with van der Waals surface area (Å²) in [6.07, 6.45) is 6.24. The number of hydrogen-bond acceptors (Lipinski definition) is 2. The van der Waals surface area contributed by atoms with Crippen molar-refractivity contribution >= 4 is 6.29 Å². The van der Waals surface area contributed by atoms with E-state index in [1.165, 1.54) is 0 Å². The topological polar surface area (TPSA) is 26.3 Å². The van der Waals surface area contributed by atoms with E-state index in [2.05, 4.69) is 0 Å². The van der Waals surface area contributed by atoms with Gasteiger partial charge in [0, 0.05) is 5.92 Å². The minimum atomic E-state index is 0.104. The fraction of sp³-hybridized carbons (Fsp3) is 0.571. The third-order valence-corrected chi connectivity index (χ3v) is 1.95.